The first-order valence-electron chi connectivity index (χ1n) is 12.1. The van der Waals surface area contributed by atoms with Crippen LogP contribution >= 0.6 is 0 Å². The molecule has 0 bridgehead atoms. The molecule has 3 saturated carbocycles. The molecule has 150 valence electrons. The molecule has 26 heavy (non-hydrogen) atoms. The highest BCUT2D eigenvalue weighted by molar-refractivity contribution is 5.11. The lowest BCUT2D eigenvalue weighted by Crippen LogP contribution is -2.54. The monoisotopic (exact) mass is 359 g/mol. The average molecular weight is 360 g/mol. The van der Waals surface area contributed by atoms with Crippen molar-refractivity contribution < 1.29 is 0 Å². The fourth-order valence-electron chi connectivity index (χ4n) is 8.69. The molecule has 1 heteroatoms. The number of hydrogen-bond donors (Lipinski definition) is 1. The van der Waals surface area contributed by atoms with Crippen LogP contribution in [0.2, 0.25) is 0 Å². The first kappa shape index (κ1) is 19.3. The third-order valence-corrected chi connectivity index (χ3v) is 10.1. The zero-order valence-corrected chi connectivity index (χ0v) is 18.3. The highest BCUT2D eigenvalue weighted by atomic mass is 15.0. The Labute approximate surface area is 163 Å². The van der Waals surface area contributed by atoms with Crippen molar-refractivity contribution in [1.29, 1.82) is 0 Å². The normalized spacial score (nSPS) is 48.9. The lowest BCUT2D eigenvalue weighted by atomic mass is 9.48. The second-order valence-electron chi connectivity index (χ2n) is 11.7. The third-order valence-electron chi connectivity index (χ3n) is 10.1. The molecule has 1 nitrogen and oxygen atoms in total. The number of fused-ring (bicyclic) bond motifs is 5. The standard InChI is InChI=1S/C25H45N/c1-17(2)7-6-8-18(3)20-10-11-21-19-9-12-23-25(5,15-16-26-23)22(19)13-14-24(20,21)4/h17-23,26H,6-16H2,1-5H3/t18-,19-,20-,21+,22+,23+,24+,25+/m0/s1. The van der Waals surface area contributed by atoms with Crippen LogP contribution in [0.4, 0.5) is 0 Å². The SMILES string of the molecule is CC(C)CCC[C@H](C)[C@@H]1CC[C@@H]2[C@@H]3CC[C@H]4NCC[C@]4(C)[C@@H]3CC[C@@]21C. The van der Waals surface area contributed by atoms with Crippen molar-refractivity contribution in [2.24, 2.45) is 46.3 Å². The van der Waals surface area contributed by atoms with Crippen LogP contribution in [0.3, 0.4) is 0 Å². The number of hydrogen-bond acceptors (Lipinski definition) is 1. The molecule has 0 aromatic heterocycles. The van der Waals surface area contributed by atoms with Gasteiger partial charge in [-0.1, -0.05) is 53.9 Å². The molecule has 0 radical (unpaired) electrons. The van der Waals surface area contributed by atoms with E-state index in [1.165, 1.54) is 64.3 Å². The lowest BCUT2D eigenvalue weighted by molar-refractivity contribution is -0.0774. The van der Waals surface area contributed by atoms with Crippen molar-refractivity contribution in [2.75, 3.05) is 6.54 Å². The zero-order chi connectivity index (χ0) is 18.5. The smallest absolute Gasteiger partial charge is 0.0124 e. The summed E-state index contributed by atoms with van der Waals surface area (Å²) in [5.74, 6) is 5.93. The van der Waals surface area contributed by atoms with E-state index in [0.717, 1.165) is 41.5 Å². The summed E-state index contributed by atoms with van der Waals surface area (Å²) in [6.45, 7) is 14.0. The van der Waals surface area contributed by atoms with E-state index >= 15 is 0 Å². The van der Waals surface area contributed by atoms with Gasteiger partial charge in [-0.05, 0) is 97.8 Å². The van der Waals surface area contributed by atoms with Gasteiger partial charge in [0.25, 0.3) is 0 Å². The summed E-state index contributed by atoms with van der Waals surface area (Å²) in [6.07, 6.45) is 14.9. The maximum atomic E-state index is 3.86. The molecule has 0 aromatic rings. The highest BCUT2D eigenvalue weighted by Gasteiger charge is 2.60. The molecule has 1 saturated heterocycles. The summed E-state index contributed by atoms with van der Waals surface area (Å²) < 4.78 is 0. The Morgan fingerprint density at radius 3 is 2.38 bits per heavy atom. The summed E-state index contributed by atoms with van der Waals surface area (Å²) in [7, 11) is 0. The lowest BCUT2D eigenvalue weighted by Gasteiger charge is -2.58. The third kappa shape index (κ3) is 2.99. The predicted octanol–water partition coefficient (Wildman–Crippen LogP) is 6.67. The minimum Gasteiger partial charge on any atom is -0.313 e. The fraction of sp³-hybridized carbons (Fsp3) is 1.00. The molecule has 4 rings (SSSR count). The molecule has 4 fully saturated rings. The minimum absolute atomic E-state index is 0.616. The Morgan fingerprint density at radius 1 is 0.846 bits per heavy atom. The van der Waals surface area contributed by atoms with E-state index in [2.05, 4.69) is 39.9 Å². The van der Waals surface area contributed by atoms with Crippen molar-refractivity contribution in [2.45, 2.75) is 105 Å². The van der Waals surface area contributed by atoms with E-state index in [9.17, 15) is 0 Å². The highest BCUT2D eigenvalue weighted by Crippen LogP contribution is 2.66. The van der Waals surface area contributed by atoms with Crippen LogP contribution in [0.25, 0.3) is 0 Å². The van der Waals surface area contributed by atoms with Crippen molar-refractivity contribution in [3.63, 3.8) is 0 Å². The van der Waals surface area contributed by atoms with Gasteiger partial charge in [-0.25, -0.2) is 0 Å². The van der Waals surface area contributed by atoms with Crippen LogP contribution in [0, 0.1) is 46.3 Å². The number of rotatable bonds is 5. The van der Waals surface area contributed by atoms with Gasteiger partial charge in [-0.3, -0.25) is 0 Å². The topological polar surface area (TPSA) is 12.0 Å². The Morgan fingerprint density at radius 2 is 1.62 bits per heavy atom. The molecule has 1 heterocycles. The first-order chi connectivity index (χ1) is 12.4. The summed E-state index contributed by atoms with van der Waals surface area (Å²) >= 11 is 0. The van der Waals surface area contributed by atoms with Gasteiger partial charge in [-0.15, -0.1) is 0 Å². The van der Waals surface area contributed by atoms with E-state index in [1.54, 1.807) is 6.42 Å². The molecule has 8 atom stereocenters. The molecular weight excluding hydrogens is 314 g/mol. The van der Waals surface area contributed by atoms with Gasteiger partial charge in [0.15, 0.2) is 0 Å². The maximum absolute atomic E-state index is 3.86. The summed E-state index contributed by atoms with van der Waals surface area (Å²) in [4.78, 5) is 0. The molecular formula is C25H45N. The van der Waals surface area contributed by atoms with E-state index in [-0.39, 0.29) is 0 Å². The molecule has 1 N–H and O–H groups in total. The van der Waals surface area contributed by atoms with E-state index in [0.29, 0.717) is 10.8 Å². The van der Waals surface area contributed by atoms with Gasteiger partial charge in [0.2, 0.25) is 0 Å². The van der Waals surface area contributed by atoms with Crippen LogP contribution in [-0.4, -0.2) is 12.6 Å². The summed E-state index contributed by atoms with van der Waals surface area (Å²) in [5.41, 5.74) is 1.28. The van der Waals surface area contributed by atoms with Gasteiger partial charge >= 0.3 is 0 Å². The molecule has 1 aliphatic heterocycles. The second kappa shape index (κ2) is 7.09. The van der Waals surface area contributed by atoms with Crippen LogP contribution in [0.1, 0.15) is 98.8 Å². The summed E-state index contributed by atoms with van der Waals surface area (Å²) in [5, 5.41) is 3.86. The van der Waals surface area contributed by atoms with Crippen LogP contribution < -0.4 is 5.32 Å². The van der Waals surface area contributed by atoms with E-state index in [4.69, 9.17) is 0 Å². The van der Waals surface area contributed by atoms with Gasteiger partial charge in [0.1, 0.15) is 0 Å². The Kier molecular flexibility index (Phi) is 5.26. The predicted molar refractivity (Wildman–Crippen MR) is 112 cm³/mol. The van der Waals surface area contributed by atoms with Crippen LogP contribution in [-0.2, 0) is 0 Å². The van der Waals surface area contributed by atoms with Crippen molar-refractivity contribution in [3.05, 3.63) is 0 Å². The Balaban J connectivity index is 1.46. The van der Waals surface area contributed by atoms with Crippen molar-refractivity contribution in [1.82, 2.24) is 5.32 Å². The fourth-order valence-corrected chi connectivity index (χ4v) is 8.69. The van der Waals surface area contributed by atoms with E-state index < -0.39 is 0 Å². The average Bonchev–Trinajstić information content (AvgIpc) is 3.13. The van der Waals surface area contributed by atoms with Crippen molar-refractivity contribution in [3.8, 4) is 0 Å². The molecule has 3 aliphatic carbocycles. The number of nitrogens with one attached hydrogen (secondary N) is 1. The van der Waals surface area contributed by atoms with Gasteiger partial charge < -0.3 is 5.32 Å². The first-order valence-corrected chi connectivity index (χ1v) is 12.1. The van der Waals surface area contributed by atoms with Crippen molar-refractivity contribution >= 4 is 0 Å². The maximum Gasteiger partial charge on any atom is 0.0124 e. The van der Waals surface area contributed by atoms with Gasteiger partial charge in [0, 0.05) is 6.04 Å². The minimum atomic E-state index is 0.616. The largest absolute Gasteiger partial charge is 0.313 e. The molecule has 0 aromatic carbocycles. The molecule has 0 spiro atoms. The molecule has 0 unspecified atom stereocenters. The van der Waals surface area contributed by atoms with Gasteiger partial charge in [-0.2, -0.15) is 0 Å². The molecule has 0 amide bonds. The molecule has 4 aliphatic rings. The second-order valence-corrected chi connectivity index (χ2v) is 11.7. The Bertz CT molecular complexity index is 498. The van der Waals surface area contributed by atoms with E-state index in [1.807, 2.05) is 0 Å². The quantitative estimate of drug-likeness (QED) is 0.578. The van der Waals surface area contributed by atoms with Gasteiger partial charge in [0.05, 0.1) is 0 Å². The zero-order valence-electron chi connectivity index (χ0n) is 18.3. The van der Waals surface area contributed by atoms with Crippen LogP contribution in [0.15, 0.2) is 0 Å². The summed E-state index contributed by atoms with van der Waals surface area (Å²) in [6, 6.07) is 0.834. The Hall–Kier alpha value is -0.0400. The van der Waals surface area contributed by atoms with Crippen LogP contribution in [0.5, 0.6) is 0 Å².